The number of H-pyrrole nitrogens is 1. The molecule has 2 heterocycles. The number of nitrogens with one attached hydrogen (secondary N) is 1. The monoisotopic (exact) mass is 601 g/mol. The molecule has 41 heavy (non-hydrogen) atoms. The van der Waals surface area contributed by atoms with Crippen LogP contribution in [0.25, 0.3) is 10.9 Å². The molecule has 6 nitrogen and oxygen atoms in total. The van der Waals surface area contributed by atoms with Crippen LogP contribution in [0.2, 0.25) is 5.02 Å². The Balaban J connectivity index is 1.40. The molecule has 4 aromatic rings. The Bertz CT molecular complexity index is 1660. The van der Waals surface area contributed by atoms with Gasteiger partial charge in [-0.15, -0.1) is 11.8 Å². The predicted octanol–water partition coefficient (Wildman–Crippen LogP) is 7.46. The van der Waals surface area contributed by atoms with E-state index >= 15 is 0 Å². The normalized spacial score (nSPS) is 15.4. The smallest absolute Gasteiger partial charge is 0.204 e. The molecule has 0 saturated heterocycles. The van der Waals surface area contributed by atoms with E-state index < -0.39 is 17.5 Å². The number of benzene rings is 3. The van der Waals surface area contributed by atoms with Crippen LogP contribution < -0.4 is 15.2 Å². The first kappa shape index (κ1) is 28.9. The second kappa shape index (κ2) is 12.5. The van der Waals surface area contributed by atoms with Crippen LogP contribution in [0.15, 0.2) is 64.8 Å². The first-order valence-electron chi connectivity index (χ1n) is 12.9. The Kier molecular flexibility index (Phi) is 8.82. The molecule has 11 heteroatoms. The van der Waals surface area contributed by atoms with Crippen molar-refractivity contribution in [3.63, 3.8) is 0 Å². The number of halogens is 4. The summed E-state index contributed by atoms with van der Waals surface area (Å²) in [5.41, 5.74) is 7.95. The third kappa shape index (κ3) is 5.91. The van der Waals surface area contributed by atoms with Crippen LogP contribution in [0.4, 0.5) is 13.2 Å². The Morgan fingerprint density at radius 2 is 2.07 bits per heavy atom. The fourth-order valence-electron chi connectivity index (χ4n) is 4.87. The van der Waals surface area contributed by atoms with Crippen molar-refractivity contribution in [1.29, 1.82) is 0 Å². The van der Waals surface area contributed by atoms with Gasteiger partial charge in [0.25, 0.3) is 0 Å². The molecule has 1 aliphatic rings. The Labute approximate surface area is 244 Å². The quantitative estimate of drug-likeness (QED) is 0.105. The average Bonchev–Trinajstić information content (AvgIpc) is 3.45. The van der Waals surface area contributed by atoms with Gasteiger partial charge in [0.05, 0.1) is 22.6 Å². The van der Waals surface area contributed by atoms with Gasteiger partial charge >= 0.3 is 0 Å². The van der Waals surface area contributed by atoms with E-state index in [1.165, 1.54) is 36.3 Å². The molecule has 0 bridgehead atoms. The lowest BCUT2D eigenvalue weighted by Gasteiger charge is -2.26. The van der Waals surface area contributed by atoms with Crippen molar-refractivity contribution in [2.75, 3.05) is 19.5 Å². The summed E-state index contributed by atoms with van der Waals surface area (Å²) < 4.78 is 56.0. The van der Waals surface area contributed by atoms with Crippen LogP contribution in [-0.4, -0.2) is 35.4 Å². The van der Waals surface area contributed by atoms with Gasteiger partial charge < -0.3 is 25.3 Å². The van der Waals surface area contributed by atoms with Gasteiger partial charge in [0.15, 0.2) is 11.6 Å². The number of fused-ring (bicyclic) bond motifs is 2. The number of nitrogens with two attached hydrogens (primary N) is 1. The van der Waals surface area contributed by atoms with Gasteiger partial charge in [-0.25, -0.2) is 13.8 Å². The number of aliphatic hydroxyl groups excluding tert-OH is 1. The first-order chi connectivity index (χ1) is 19.8. The van der Waals surface area contributed by atoms with Crippen molar-refractivity contribution < 1.29 is 27.8 Å². The van der Waals surface area contributed by atoms with Crippen molar-refractivity contribution in [2.45, 2.75) is 30.1 Å². The lowest BCUT2D eigenvalue weighted by Crippen LogP contribution is -2.16. The highest BCUT2D eigenvalue weighted by Gasteiger charge is 2.24. The number of hydrogen-bond donors (Lipinski definition) is 3. The molecular weight excluding hydrogens is 575 g/mol. The average molecular weight is 602 g/mol. The highest BCUT2D eigenvalue weighted by atomic mass is 35.5. The summed E-state index contributed by atoms with van der Waals surface area (Å²) in [6.45, 7) is 0.556. The van der Waals surface area contributed by atoms with Crippen molar-refractivity contribution in [1.82, 2.24) is 4.98 Å². The lowest BCUT2D eigenvalue weighted by atomic mass is 9.90. The predicted molar refractivity (Wildman–Crippen MR) is 156 cm³/mol. The van der Waals surface area contributed by atoms with Crippen molar-refractivity contribution in [2.24, 2.45) is 10.7 Å². The maximum Gasteiger partial charge on any atom is 0.204 e. The number of nitrogens with zero attached hydrogens (tertiary/aromatic N) is 1. The Hall–Kier alpha value is -3.60. The molecular formula is C30H27ClF3N3O3S. The number of rotatable bonds is 9. The van der Waals surface area contributed by atoms with E-state index in [2.05, 4.69) is 9.98 Å². The van der Waals surface area contributed by atoms with Crippen LogP contribution >= 0.6 is 23.4 Å². The summed E-state index contributed by atoms with van der Waals surface area (Å²) in [6, 6.07) is 9.04. The van der Waals surface area contributed by atoms with Crippen LogP contribution in [0.3, 0.4) is 0 Å². The van der Waals surface area contributed by atoms with Gasteiger partial charge in [0, 0.05) is 40.9 Å². The number of aliphatic imine (C=N–C) groups is 1. The van der Waals surface area contributed by atoms with Crippen molar-refractivity contribution in [3.8, 4) is 17.2 Å². The molecule has 1 atom stereocenters. The maximum atomic E-state index is 14.9. The molecule has 3 aromatic carbocycles. The Morgan fingerprint density at radius 3 is 2.85 bits per heavy atom. The Morgan fingerprint density at radius 1 is 1.24 bits per heavy atom. The molecule has 0 spiro atoms. The van der Waals surface area contributed by atoms with Crippen molar-refractivity contribution in [3.05, 3.63) is 94.0 Å². The van der Waals surface area contributed by atoms with Crippen LogP contribution in [0, 0.1) is 17.5 Å². The summed E-state index contributed by atoms with van der Waals surface area (Å²) >= 11 is 7.55. The molecule has 5 rings (SSSR count). The fraction of sp³-hybridized carbons (Fsp3) is 0.233. The summed E-state index contributed by atoms with van der Waals surface area (Å²) in [5, 5.41) is 10.3. The molecule has 1 aromatic heterocycles. The van der Waals surface area contributed by atoms with E-state index in [9.17, 15) is 18.3 Å². The third-order valence-corrected chi connectivity index (χ3v) is 7.85. The molecule has 0 aliphatic carbocycles. The number of allylic oxidation sites excluding steroid dienone is 1. The molecule has 1 aliphatic heterocycles. The van der Waals surface area contributed by atoms with Crippen LogP contribution in [0.5, 0.6) is 17.2 Å². The standard InChI is InChI=1S/C30H27ClF3N3O3S/c1-41-29-20-7-10-36-26(20)24(33)25(34)28(29)40-19-4-5-23(32)22(15-19)30(35)37-9-6-16-8-12-39-27-17(3-2-11-38)13-18(31)14-21(16)27/h4-7,9-10,13-16,36,38H,2-3,8,11-12H2,1H3,(H2,35,37)/b9-6+. The number of aryl methyl sites for hydroxylation is 1. The summed E-state index contributed by atoms with van der Waals surface area (Å²) in [4.78, 5) is 7.32. The zero-order valence-corrected chi connectivity index (χ0v) is 23.6. The highest BCUT2D eigenvalue weighted by Crippen LogP contribution is 2.42. The van der Waals surface area contributed by atoms with Crippen LogP contribution in [-0.2, 0) is 6.42 Å². The number of amidine groups is 1. The van der Waals surface area contributed by atoms with Gasteiger partial charge in [0.2, 0.25) is 5.82 Å². The minimum atomic E-state index is -1.16. The second-order valence-electron chi connectivity index (χ2n) is 9.41. The molecule has 214 valence electrons. The first-order valence-corrected chi connectivity index (χ1v) is 14.5. The highest BCUT2D eigenvalue weighted by molar-refractivity contribution is 7.99. The fourth-order valence-corrected chi connectivity index (χ4v) is 5.82. The van der Waals surface area contributed by atoms with Gasteiger partial charge in [-0.3, -0.25) is 0 Å². The number of thioether (sulfide) groups is 1. The minimum Gasteiger partial charge on any atom is -0.493 e. The van der Waals surface area contributed by atoms with E-state index in [1.807, 2.05) is 18.2 Å². The topological polar surface area (TPSA) is 92.9 Å². The number of aliphatic hydroxyl groups is 1. The largest absolute Gasteiger partial charge is 0.493 e. The minimum absolute atomic E-state index is 0.0398. The van der Waals surface area contributed by atoms with E-state index in [4.69, 9.17) is 26.8 Å². The second-order valence-corrected chi connectivity index (χ2v) is 10.7. The summed E-state index contributed by atoms with van der Waals surface area (Å²) in [6.07, 6.45) is 8.48. The van der Waals surface area contributed by atoms with Crippen LogP contribution in [0.1, 0.15) is 35.4 Å². The van der Waals surface area contributed by atoms with Gasteiger partial charge in [-0.05, 0) is 67.5 Å². The molecule has 0 amide bonds. The summed E-state index contributed by atoms with van der Waals surface area (Å²) in [5.74, 6) is -2.54. The zero-order valence-electron chi connectivity index (χ0n) is 22.0. The van der Waals surface area contributed by atoms with Crippen molar-refractivity contribution >= 4 is 40.1 Å². The molecule has 1 unspecified atom stereocenters. The van der Waals surface area contributed by atoms with E-state index in [1.54, 1.807) is 12.3 Å². The summed E-state index contributed by atoms with van der Waals surface area (Å²) in [7, 11) is 0. The number of aromatic nitrogens is 1. The van der Waals surface area contributed by atoms with Gasteiger partial charge in [-0.2, -0.15) is 4.39 Å². The molecule has 0 radical (unpaired) electrons. The van der Waals surface area contributed by atoms with E-state index in [0.717, 1.165) is 22.9 Å². The molecule has 4 N–H and O–H groups in total. The third-order valence-electron chi connectivity index (χ3n) is 6.82. The number of ether oxygens (including phenoxy) is 2. The maximum absolute atomic E-state index is 14.9. The molecule has 0 saturated carbocycles. The number of aromatic amines is 1. The van der Waals surface area contributed by atoms with Gasteiger partial charge in [0.1, 0.15) is 23.2 Å². The lowest BCUT2D eigenvalue weighted by molar-refractivity contribution is 0.270. The SMILES string of the molecule is CSc1c(Oc2ccc(F)c(C(N)=N/C=C/C3CCOc4c(CCCO)cc(Cl)cc43)c2)c(F)c(F)c2[nH]ccc12. The zero-order chi connectivity index (χ0) is 29.1. The number of hydrogen-bond acceptors (Lipinski definition) is 5. The molecule has 0 fully saturated rings. The van der Waals surface area contributed by atoms with E-state index in [0.29, 0.717) is 41.2 Å². The van der Waals surface area contributed by atoms with E-state index in [-0.39, 0.29) is 40.9 Å². The van der Waals surface area contributed by atoms with Gasteiger partial charge in [-0.1, -0.05) is 17.7 Å².